The van der Waals surface area contributed by atoms with E-state index in [1.807, 2.05) is 24.4 Å². The van der Waals surface area contributed by atoms with Gasteiger partial charge in [-0.2, -0.15) is 5.10 Å². The van der Waals surface area contributed by atoms with E-state index in [1.54, 1.807) is 6.92 Å². The lowest BCUT2D eigenvalue weighted by molar-refractivity contribution is -0.141. The summed E-state index contributed by atoms with van der Waals surface area (Å²) in [6.45, 7) is 9.81. The van der Waals surface area contributed by atoms with Crippen molar-refractivity contribution in [3.63, 3.8) is 0 Å². The van der Waals surface area contributed by atoms with Crippen LogP contribution in [-0.2, 0) is 11.2 Å². The Kier molecular flexibility index (Phi) is 3.79. The maximum atomic E-state index is 11.0. The van der Waals surface area contributed by atoms with Crippen LogP contribution in [0.15, 0.2) is 6.07 Å². The van der Waals surface area contributed by atoms with Crippen LogP contribution < -0.4 is 0 Å². The van der Waals surface area contributed by atoms with Gasteiger partial charge in [0.25, 0.3) is 0 Å². The third-order valence-corrected chi connectivity index (χ3v) is 3.71. The zero-order valence-corrected chi connectivity index (χ0v) is 12.6. The second-order valence-corrected chi connectivity index (χ2v) is 5.70. The number of carboxylic acids is 1. The molecule has 2 rings (SSSR count). The highest BCUT2D eigenvalue weighted by Crippen LogP contribution is 2.21. The van der Waals surface area contributed by atoms with Gasteiger partial charge in [0.05, 0.1) is 11.6 Å². The quantitative estimate of drug-likeness (QED) is 0.931. The number of rotatable bonds is 4. The van der Waals surface area contributed by atoms with E-state index in [-0.39, 0.29) is 0 Å². The van der Waals surface area contributed by atoms with Crippen molar-refractivity contribution < 1.29 is 9.90 Å². The summed E-state index contributed by atoms with van der Waals surface area (Å²) in [6.07, 6.45) is 0.479. The summed E-state index contributed by atoms with van der Waals surface area (Å²) in [5.41, 5.74) is 4.68. The number of aryl methyl sites for hydroxylation is 2. The van der Waals surface area contributed by atoms with Crippen LogP contribution in [0.4, 0.5) is 0 Å². The summed E-state index contributed by atoms with van der Waals surface area (Å²) in [4.78, 5) is 15.6. The molecule has 2 aromatic heterocycles. The van der Waals surface area contributed by atoms with Gasteiger partial charge >= 0.3 is 5.97 Å². The monoisotopic (exact) mass is 275 g/mol. The first-order valence-electron chi connectivity index (χ1n) is 6.89. The lowest BCUT2D eigenvalue weighted by Gasteiger charge is -2.13. The summed E-state index contributed by atoms with van der Waals surface area (Å²) in [6, 6.07) is 2.00. The lowest BCUT2D eigenvalue weighted by Crippen LogP contribution is -2.16. The Morgan fingerprint density at radius 2 is 2.00 bits per heavy atom. The number of aromatic nitrogens is 3. The predicted molar refractivity (Wildman–Crippen MR) is 77.1 cm³/mol. The molecule has 0 fully saturated rings. The third kappa shape index (κ3) is 2.53. The van der Waals surface area contributed by atoms with E-state index in [9.17, 15) is 4.79 Å². The Bertz CT molecular complexity index is 659. The molecule has 5 heteroatoms. The van der Waals surface area contributed by atoms with Crippen molar-refractivity contribution in [2.24, 2.45) is 5.92 Å². The molecule has 0 aliphatic carbocycles. The van der Waals surface area contributed by atoms with Crippen molar-refractivity contribution in [3.05, 3.63) is 28.7 Å². The fourth-order valence-corrected chi connectivity index (χ4v) is 2.32. The van der Waals surface area contributed by atoms with E-state index in [2.05, 4.69) is 23.9 Å². The number of carboxylic acid groups (broad SMARTS) is 1. The zero-order valence-electron chi connectivity index (χ0n) is 12.6. The van der Waals surface area contributed by atoms with Gasteiger partial charge in [0.2, 0.25) is 0 Å². The van der Waals surface area contributed by atoms with Gasteiger partial charge in [0.15, 0.2) is 5.65 Å². The minimum absolute atomic E-state index is 0.345. The molecule has 0 saturated heterocycles. The number of hydrogen-bond donors (Lipinski definition) is 1. The van der Waals surface area contributed by atoms with Crippen molar-refractivity contribution in [2.75, 3.05) is 0 Å². The first-order valence-corrected chi connectivity index (χ1v) is 6.89. The molecule has 0 bridgehead atoms. The normalized spacial score (nSPS) is 13.1. The highest BCUT2D eigenvalue weighted by molar-refractivity contribution is 5.70. The van der Waals surface area contributed by atoms with E-state index >= 15 is 0 Å². The Morgan fingerprint density at radius 3 is 2.55 bits per heavy atom. The fraction of sp³-hybridized carbons (Fsp3) is 0.533. The Balaban J connectivity index is 2.53. The molecule has 0 aliphatic rings. The molecule has 0 aromatic carbocycles. The molecule has 0 spiro atoms. The van der Waals surface area contributed by atoms with E-state index in [1.165, 1.54) is 0 Å². The standard InChI is InChI=1S/C15H21N3O2/c1-8(2)13-7-14-16-10(4)12(6-9(3)15(19)20)11(5)18(14)17-13/h7-9H,6H2,1-5H3,(H,19,20). The number of nitrogens with zero attached hydrogens (tertiary/aromatic N) is 3. The molecule has 2 heterocycles. The maximum Gasteiger partial charge on any atom is 0.306 e. The summed E-state index contributed by atoms with van der Waals surface area (Å²) < 4.78 is 1.83. The number of fused-ring (bicyclic) bond motifs is 1. The molecule has 2 aromatic rings. The molecule has 1 unspecified atom stereocenters. The van der Waals surface area contributed by atoms with Crippen molar-refractivity contribution >= 4 is 11.6 Å². The van der Waals surface area contributed by atoms with Crippen LogP contribution in [0.5, 0.6) is 0 Å². The van der Waals surface area contributed by atoms with Gasteiger partial charge < -0.3 is 5.11 Å². The minimum Gasteiger partial charge on any atom is -0.481 e. The second-order valence-electron chi connectivity index (χ2n) is 5.70. The lowest BCUT2D eigenvalue weighted by atomic mass is 9.99. The molecular weight excluding hydrogens is 254 g/mol. The SMILES string of the molecule is Cc1nc2cc(C(C)C)nn2c(C)c1CC(C)C(=O)O. The van der Waals surface area contributed by atoms with Gasteiger partial charge in [-0.15, -0.1) is 0 Å². The van der Waals surface area contributed by atoms with Crippen molar-refractivity contribution in [2.45, 2.75) is 47.0 Å². The molecule has 0 saturated carbocycles. The zero-order chi connectivity index (χ0) is 15.0. The van der Waals surface area contributed by atoms with Gasteiger partial charge in [-0.25, -0.2) is 9.50 Å². The van der Waals surface area contributed by atoms with Crippen molar-refractivity contribution in [3.8, 4) is 0 Å². The molecule has 0 radical (unpaired) electrons. The van der Waals surface area contributed by atoms with Gasteiger partial charge in [-0.05, 0) is 31.7 Å². The van der Waals surface area contributed by atoms with Gasteiger partial charge in [0.1, 0.15) is 0 Å². The number of aliphatic carboxylic acids is 1. The topological polar surface area (TPSA) is 67.5 Å². The van der Waals surface area contributed by atoms with Crippen LogP contribution in [-0.4, -0.2) is 25.7 Å². The highest BCUT2D eigenvalue weighted by atomic mass is 16.4. The van der Waals surface area contributed by atoms with E-state index in [0.717, 1.165) is 28.3 Å². The third-order valence-electron chi connectivity index (χ3n) is 3.71. The first-order chi connectivity index (χ1) is 9.31. The van der Waals surface area contributed by atoms with Crippen LogP contribution in [0, 0.1) is 19.8 Å². The average Bonchev–Trinajstić information content (AvgIpc) is 2.78. The van der Waals surface area contributed by atoms with Gasteiger partial charge in [0, 0.05) is 17.5 Å². The van der Waals surface area contributed by atoms with Crippen molar-refractivity contribution in [1.82, 2.24) is 14.6 Å². The smallest absolute Gasteiger partial charge is 0.306 e. The fourth-order valence-electron chi connectivity index (χ4n) is 2.32. The molecular formula is C15H21N3O2. The molecule has 0 amide bonds. The van der Waals surface area contributed by atoms with E-state index in [4.69, 9.17) is 5.11 Å². The van der Waals surface area contributed by atoms with Gasteiger partial charge in [-0.1, -0.05) is 20.8 Å². The maximum absolute atomic E-state index is 11.0. The van der Waals surface area contributed by atoms with Crippen LogP contribution in [0.2, 0.25) is 0 Å². The summed E-state index contributed by atoms with van der Waals surface area (Å²) in [5.74, 6) is -0.864. The molecule has 0 aliphatic heterocycles. The second kappa shape index (κ2) is 5.23. The van der Waals surface area contributed by atoms with Crippen molar-refractivity contribution in [1.29, 1.82) is 0 Å². The minimum atomic E-state index is -0.785. The van der Waals surface area contributed by atoms with Crippen LogP contribution >= 0.6 is 0 Å². The molecule has 20 heavy (non-hydrogen) atoms. The van der Waals surface area contributed by atoms with E-state index in [0.29, 0.717) is 12.3 Å². The largest absolute Gasteiger partial charge is 0.481 e. The molecule has 1 atom stereocenters. The van der Waals surface area contributed by atoms with E-state index < -0.39 is 11.9 Å². The molecule has 1 N–H and O–H groups in total. The van der Waals surface area contributed by atoms with Crippen LogP contribution in [0.25, 0.3) is 5.65 Å². The van der Waals surface area contributed by atoms with Crippen LogP contribution in [0.3, 0.4) is 0 Å². The Labute approximate surface area is 118 Å². The average molecular weight is 275 g/mol. The first kappa shape index (κ1) is 14.5. The Hall–Kier alpha value is -1.91. The number of hydrogen-bond acceptors (Lipinski definition) is 3. The van der Waals surface area contributed by atoms with Crippen LogP contribution in [0.1, 0.15) is 49.3 Å². The van der Waals surface area contributed by atoms with Gasteiger partial charge in [-0.3, -0.25) is 4.79 Å². The number of carbonyl (C=O) groups is 1. The summed E-state index contributed by atoms with van der Waals surface area (Å²) >= 11 is 0. The predicted octanol–water partition coefficient (Wildman–Crippen LogP) is 2.73. The summed E-state index contributed by atoms with van der Waals surface area (Å²) in [5, 5.41) is 13.6. The Morgan fingerprint density at radius 1 is 1.35 bits per heavy atom. The molecule has 5 nitrogen and oxygen atoms in total. The summed E-state index contributed by atoms with van der Waals surface area (Å²) in [7, 11) is 0. The highest BCUT2D eigenvalue weighted by Gasteiger charge is 2.18. The molecule has 108 valence electrons.